The highest BCUT2D eigenvalue weighted by Gasteiger charge is 2.22. The van der Waals surface area contributed by atoms with Gasteiger partial charge in [0.05, 0.1) is 6.33 Å². The van der Waals surface area contributed by atoms with E-state index in [0.717, 1.165) is 42.5 Å². The zero-order chi connectivity index (χ0) is 17.4. The number of halogens is 1. The standard InChI is InChI=1S/C19H26BrN3O/c1-15(2)19(24)18(16-4-6-17(20)7-5-16)8-10-21-9-3-12-23-13-11-22-14-23/h4-7,11,13-15,18,21H,3,8-10,12H2,1-2H3/t18-/m1/s1. The molecule has 5 heteroatoms. The number of carbonyl (C=O) groups is 1. The van der Waals surface area contributed by atoms with Crippen molar-refractivity contribution in [3.63, 3.8) is 0 Å². The van der Waals surface area contributed by atoms with Crippen molar-refractivity contribution in [3.05, 3.63) is 53.0 Å². The van der Waals surface area contributed by atoms with Gasteiger partial charge in [0, 0.05) is 35.2 Å². The third kappa shape index (κ3) is 5.87. The quantitative estimate of drug-likeness (QED) is 0.622. The van der Waals surface area contributed by atoms with Gasteiger partial charge in [-0.15, -0.1) is 0 Å². The van der Waals surface area contributed by atoms with E-state index in [1.54, 1.807) is 6.20 Å². The zero-order valence-electron chi connectivity index (χ0n) is 14.4. The number of hydrogen-bond donors (Lipinski definition) is 1. The molecule has 0 amide bonds. The molecule has 24 heavy (non-hydrogen) atoms. The maximum absolute atomic E-state index is 12.6. The lowest BCUT2D eigenvalue weighted by atomic mass is 9.86. The number of Topliss-reactive ketones (excluding diaryl/α,β-unsaturated/α-hetero) is 1. The van der Waals surface area contributed by atoms with Crippen LogP contribution in [0.3, 0.4) is 0 Å². The van der Waals surface area contributed by atoms with E-state index in [9.17, 15) is 4.79 Å². The molecule has 1 aromatic carbocycles. The van der Waals surface area contributed by atoms with Crippen molar-refractivity contribution in [1.29, 1.82) is 0 Å². The lowest BCUT2D eigenvalue weighted by Crippen LogP contribution is -2.25. The van der Waals surface area contributed by atoms with Gasteiger partial charge in [-0.1, -0.05) is 41.9 Å². The van der Waals surface area contributed by atoms with E-state index in [1.807, 2.05) is 50.6 Å². The second kappa shape index (κ2) is 9.74. The number of ketones is 1. The Kier molecular flexibility index (Phi) is 7.66. The van der Waals surface area contributed by atoms with Crippen molar-refractivity contribution < 1.29 is 4.79 Å². The SMILES string of the molecule is CC(C)C(=O)[C@H](CCNCCCn1ccnc1)c1ccc(Br)cc1. The fourth-order valence-corrected chi connectivity index (χ4v) is 3.01. The average molecular weight is 392 g/mol. The summed E-state index contributed by atoms with van der Waals surface area (Å²) in [4.78, 5) is 16.6. The van der Waals surface area contributed by atoms with Crippen LogP contribution in [0.15, 0.2) is 47.5 Å². The van der Waals surface area contributed by atoms with Gasteiger partial charge in [-0.2, -0.15) is 0 Å². The monoisotopic (exact) mass is 391 g/mol. The van der Waals surface area contributed by atoms with Crippen LogP contribution in [0.4, 0.5) is 0 Å². The van der Waals surface area contributed by atoms with Crippen molar-refractivity contribution >= 4 is 21.7 Å². The summed E-state index contributed by atoms with van der Waals surface area (Å²) >= 11 is 3.45. The molecule has 130 valence electrons. The van der Waals surface area contributed by atoms with Gasteiger partial charge >= 0.3 is 0 Å². The summed E-state index contributed by atoms with van der Waals surface area (Å²) in [5.74, 6) is 0.344. The average Bonchev–Trinajstić information content (AvgIpc) is 3.08. The first-order valence-corrected chi connectivity index (χ1v) is 9.33. The highest BCUT2D eigenvalue weighted by molar-refractivity contribution is 9.10. The summed E-state index contributed by atoms with van der Waals surface area (Å²) in [5, 5.41) is 3.46. The summed E-state index contributed by atoms with van der Waals surface area (Å²) in [6, 6.07) is 8.12. The van der Waals surface area contributed by atoms with Crippen molar-refractivity contribution in [1.82, 2.24) is 14.9 Å². The van der Waals surface area contributed by atoms with E-state index < -0.39 is 0 Å². The molecule has 1 heterocycles. The van der Waals surface area contributed by atoms with E-state index in [2.05, 4.69) is 30.8 Å². The minimum absolute atomic E-state index is 0.0285. The van der Waals surface area contributed by atoms with E-state index in [4.69, 9.17) is 0 Å². The molecular formula is C19H26BrN3O. The molecule has 1 atom stereocenters. The molecule has 1 N–H and O–H groups in total. The Balaban J connectivity index is 1.80. The number of hydrogen-bond acceptors (Lipinski definition) is 3. The molecule has 0 aliphatic carbocycles. The molecule has 0 spiro atoms. The van der Waals surface area contributed by atoms with Crippen LogP contribution in [0.25, 0.3) is 0 Å². The normalized spacial score (nSPS) is 12.5. The number of rotatable bonds is 10. The van der Waals surface area contributed by atoms with Gasteiger partial charge in [0.25, 0.3) is 0 Å². The van der Waals surface area contributed by atoms with E-state index in [0.29, 0.717) is 5.78 Å². The number of aryl methyl sites for hydroxylation is 1. The summed E-state index contributed by atoms with van der Waals surface area (Å²) in [7, 11) is 0. The fourth-order valence-electron chi connectivity index (χ4n) is 2.75. The first kappa shape index (κ1) is 18.9. The molecule has 0 saturated heterocycles. The first-order valence-electron chi connectivity index (χ1n) is 8.53. The molecule has 2 aromatic rings. The number of nitrogens with one attached hydrogen (secondary N) is 1. The highest BCUT2D eigenvalue weighted by atomic mass is 79.9. The summed E-state index contributed by atoms with van der Waals surface area (Å²) in [6.45, 7) is 6.72. The number of nitrogens with zero attached hydrogens (tertiary/aromatic N) is 2. The molecule has 0 radical (unpaired) electrons. The fraction of sp³-hybridized carbons (Fsp3) is 0.474. The van der Waals surface area contributed by atoms with Gasteiger partial charge in [-0.25, -0.2) is 4.98 Å². The Hall–Kier alpha value is -1.46. The number of aromatic nitrogens is 2. The molecule has 0 aliphatic rings. The zero-order valence-corrected chi connectivity index (χ0v) is 16.0. The Labute approximate surface area is 152 Å². The Morgan fingerprint density at radius 1 is 1.25 bits per heavy atom. The predicted octanol–water partition coefficient (Wildman–Crippen LogP) is 4.02. The number of benzene rings is 1. The Morgan fingerprint density at radius 2 is 2.00 bits per heavy atom. The first-order chi connectivity index (χ1) is 11.6. The summed E-state index contributed by atoms with van der Waals surface area (Å²) < 4.78 is 3.12. The molecule has 0 unspecified atom stereocenters. The Bertz CT molecular complexity index is 608. The molecular weight excluding hydrogens is 366 g/mol. The summed E-state index contributed by atoms with van der Waals surface area (Å²) in [6.07, 6.45) is 7.50. The number of imidazole rings is 1. The molecule has 0 bridgehead atoms. The van der Waals surface area contributed by atoms with Gasteiger partial charge in [-0.05, 0) is 43.6 Å². The predicted molar refractivity (Wildman–Crippen MR) is 101 cm³/mol. The van der Waals surface area contributed by atoms with Crippen LogP contribution in [0, 0.1) is 5.92 Å². The van der Waals surface area contributed by atoms with Gasteiger partial charge in [-0.3, -0.25) is 4.79 Å². The van der Waals surface area contributed by atoms with E-state index in [1.165, 1.54) is 0 Å². The lowest BCUT2D eigenvalue weighted by Gasteiger charge is -2.19. The Morgan fingerprint density at radius 3 is 2.62 bits per heavy atom. The molecule has 1 aromatic heterocycles. The summed E-state index contributed by atoms with van der Waals surface area (Å²) in [5.41, 5.74) is 1.11. The van der Waals surface area contributed by atoms with Crippen LogP contribution >= 0.6 is 15.9 Å². The molecule has 2 rings (SSSR count). The van der Waals surface area contributed by atoms with Crippen molar-refractivity contribution in [3.8, 4) is 0 Å². The van der Waals surface area contributed by atoms with Crippen molar-refractivity contribution in [2.24, 2.45) is 5.92 Å². The topological polar surface area (TPSA) is 46.9 Å². The van der Waals surface area contributed by atoms with Gasteiger partial charge in [0.1, 0.15) is 5.78 Å². The minimum atomic E-state index is -0.0285. The van der Waals surface area contributed by atoms with Crippen LogP contribution in [-0.2, 0) is 11.3 Å². The van der Waals surface area contributed by atoms with Gasteiger partial charge in [0.15, 0.2) is 0 Å². The van der Waals surface area contributed by atoms with Crippen LogP contribution in [0.5, 0.6) is 0 Å². The minimum Gasteiger partial charge on any atom is -0.337 e. The number of carbonyl (C=O) groups excluding carboxylic acids is 1. The molecule has 4 nitrogen and oxygen atoms in total. The van der Waals surface area contributed by atoms with Crippen LogP contribution < -0.4 is 5.32 Å². The van der Waals surface area contributed by atoms with E-state index in [-0.39, 0.29) is 11.8 Å². The second-order valence-electron chi connectivity index (χ2n) is 6.35. The smallest absolute Gasteiger partial charge is 0.142 e. The van der Waals surface area contributed by atoms with Crippen molar-refractivity contribution in [2.45, 2.75) is 39.2 Å². The lowest BCUT2D eigenvalue weighted by molar-refractivity contribution is -0.123. The largest absolute Gasteiger partial charge is 0.337 e. The van der Waals surface area contributed by atoms with E-state index >= 15 is 0 Å². The molecule has 0 saturated carbocycles. The maximum atomic E-state index is 12.6. The van der Waals surface area contributed by atoms with Crippen LogP contribution in [0.1, 0.15) is 38.2 Å². The van der Waals surface area contributed by atoms with Gasteiger partial charge in [0.2, 0.25) is 0 Å². The van der Waals surface area contributed by atoms with Crippen LogP contribution in [-0.4, -0.2) is 28.4 Å². The molecule has 0 fully saturated rings. The van der Waals surface area contributed by atoms with Crippen LogP contribution in [0.2, 0.25) is 0 Å². The second-order valence-corrected chi connectivity index (χ2v) is 7.27. The van der Waals surface area contributed by atoms with Gasteiger partial charge < -0.3 is 9.88 Å². The highest BCUT2D eigenvalue weighted by Crippen LogP contribution is 2.25. The third-order valence-electron chi connectivity index (χ3n) is 4.12. The third-order valence-corrected chi connectivity index (χ3v) is 4.65. The molecule has 0 aliphatic heterocycles. The maximum Gasteiger partial charge on any atom is 0.142 e. The van der Waals surface area contributed by atoms with Crippen molar-refractivity contribution in [2.75, 3.05) is 13.1 Å².